The lowest BCUT2D eigenvalue weighted by atomic mass is 10.1. The van der Waals surface area contributed by atoms with Gasteiger partial charge in [0.15, 0.2) is 6.04 Å². The van der Waals surface area contributed by atoms with Crippen LogP contribution in [0.1, 0.15) is 96.8 Å². The fourth-order valence-electron chi connectivity index (χ4n) is 3.24. The van der Waals surface area contributed by atoms with Crippen LogP contribution < -0.4 is 5.32 Å². The highest BCUT2D eigenvalue weighted by atomic mass is 31.2. The Morgan fingerprint density at radius 3 is 1.94 bits per heavy atom. The highest BCUT2D eigenvalue weighted by Crippen LogP contribution is 2.43. The Bertz CT molecular complexity index is 630. The quantitative estimate of drug-likeness (QED) is 0.0712. The predicted octanol–water partition coefficient (Wildman–Crippen LogP) is 4.08. The largest absolute Gasteiger partial charge is 0.480 e. The number of hydrogen-bond acceptors (Lipinski definition) is 7. The molecule has 11 heteroatoms. The van der Waals surface area contributed by atoms with E-state index in [1.165, 1.54) is 38.5 Å². The van der Waals surface area contributed by atoms with E-state index in [4.69, 9.17) is 10.2 Å². The number of allylic oxidation sites excluding steroid dienone is 2. The van der Waals surface area contributed by atoms with Crippen LogP contribution in [0.15, 0.2) is 12.2 Å². The second-order valence-corrected chi connectivity index (χ2v) is 10.1. The topological polar surface area (TPSA) is 163 Å². The van der Waals surface area contributed by atoms with Gasteiger partial charge in [0.25, 0.3) is 0 Å². The lowest BCUT2D eigenvalue weighted by molar-refractivity contribution is -0.142. The Balaban J connectivity index is 3.86. The summed E-state index contributed by atoms with van der Waals surface area (Å²) in [6.45, 7) is 0.106. The summed E-state index contributed by atoms with van der Waals surface area (Å²) in [6.07, 6.45) is 18.0. The second kappa shape index (κ2) is 21.9. The number of hydrogen-bond donors (Lipinski definition) is 5. The zero-order valence-corrected chi connectivity index (χ0v) is 22.0. The zero-order chi connectivity index (χ0) is 26.4. The van der Waals surface area contributed by atoms with Crippen molar-refractivity contribution in [1.29, 1.82) is 0 Å². The van der Waals surface area contributed by atoms with Gasteiger partial charge in [-0.25, -0.2) is 9.36 Å². The molecule has 1 amide bonds. The van der Waals surface area contributed by atoms with Crippen molar-refractivity contribution in [3.63, 3.8) is 0 Å². The van der Waals surface area contributed by atoms with Crippen LogP contribution in [0.25, 0.3) is 0 Å². The van der Waals surface area contributed by atoms with E-state index in [1.807, 2.05) is 0 Å². The first-order valence-electron chi connectivity index (χ1n) is 12.8. The summed E-state index contributed by atoms with van der Waals surface area (Å²) in [5.74, 6) is -1.90. The van der Waals surface area contributed by atoms with Crippen LogP contribution in [0, 0.1) is 0 Å². The highest BCUT2D eigenvalue weighted by molar-refractivity contribution is 7.47. The molecule has 0 saturated heterocycles. The highest BCUT2D eigenvalue weighted by Gasteiger charge is 2.28. The summed E-state index contributed by atoms with van der Waals surface area (Å²) in [6, 6.07) is -1.52. The molecule has 0 aliphatic heterocycles. The van der Waals surface area contributed by atoms with Crippen LogP contribution in [0.4, 0.5) is 0 Å². The summed E-state index contributed by atoms with van der Waals surface area (Å²) in [4.78, 5) is 32.8. The van der Waals surface area contributed by atoms with Crippen LogP contribution in [-0.2, 0) is 23.2 Å². The molecular weight excluding hydrogens is 477 g/mol. The van der Waals surface area contributed by atoms with Crippen molar-refractivity contribution in [2.45, 2.75) is 109 Å². The molecule has 3 atom stereocenters. The molecule has 5 N–H and O–H groups in total. The van der Waals surface area contributed by atoms with Gasteiger partial charge in [-0.05, 0) is 32.1 Å². The van der Waals surface area contributed by atoms with E-state index in [-0.39, 0.29) is 6.42 Å². The third-order valence-electron chi connectivity index (χ3n) is 5.34. The first kappa shape index (κ1) is 33.7. The number of aliphatic hydroxyl groups excluding tert-OH is 2. The van der Waals surface area contributed by atoms with E-state index >= 15 is 0 Å². The molecule has 0 aliphatic rings. The second-order valence-electron chi connectivity index (χ2n) is 8.69. The molecule has 0 radical (unpaired) electrons. The van der Waals surface area contributed by atoms with E-state index in [9.17, 15) is 24.2 Å². The number of amides is 1. The standard InChI is InChI=1S/C24H46NO9P/c1-2-3-4-5-6-7-8-9-10-11-12-13-14-15-16-17-23(28)25-22(24(29)30)20-34-35(31,32)33-19-21(27)18-26/h9-10,21-22,26-27H,2-8,11-20H2,1H3,(H,25,28)(H,29,30)(H,31,32)/b10-9-/t21-,22+/m1/s1. The number of carboxylic acids is 1. The van der Waals surface area contributed by atoms with Crippen LogP contribution in [0.5, 0.6) is 0 Å². The average molecular weight is 524 g/mol. The number of carbonyl (C=O) groups excluding carboxylic acids is 1. The van der Waals surface area contributed by atoms with Gasteiger partial charge in [-0.2, -0.15) is 0 Å². The fraction of sp³-hybridized carbons (Fsp3) is 0.833. The molecule has 0 aromatic heterocycles. The van der Waals surface area contributed by atoms with Crippen molar-refractivity contribution in [1.82, 2.24) is 5.32 Å². The summed E-state index contributed by atoms with van der Waals surface area (Å²) >= 11 is 0. The van der Waals surface area contributed by atoms with Crippen LogP contribution in [0.2, 0.25) is 0 Å². The van der Waals surface area contributed by atoms with Crippen molar-refractivity contribution >= 4 is 19.7 Å². The Labute approximate surface area is 209 Å². The van der Waals surface area contributed by atoms with Gasteiger partial charge in [0.1, 0.15) is 6.10 Å². The van der Waals surface area contributed by atoms with Gasteiger partial charge in [-0.3, -0.25) is 13.8 Å². The molecule has 0 rings (SSSR count). The Hall–Kier alpha value is -1.29. The summed E-state index contributed by atoms with van der Waals surface area (Å²) in [5, 5.41) is 29.2. The molecule has 0 bridgehead atoms. The minimum atomic E-state index is -4.64. The normalized spacial score (nSPS) is 15.1. The molecule has 0 heterocycles. The molecule has 0 saturated carbocycles. The van der Waals surface area contributed by atoms with Crippen molar-refractivity contribution in [2.24, 2.45) is 0 Å². The van der Waals surface area contributed by atoms with E-state index in [0.717, 1.165) is 38.5 Å². The number of carboxylic acid groups (broad SMARTS) is 1. The van der Waals surface area contributed by atoms with Crippen molar-refractivity contribution in [2.75, 3.05) is 19.8 Å². The third-order valence-corrected chi connectivity index (χ3v) is 6.29. The van der Waals surface area contributed by atoms with Gasteiger partial charge in [0, 0.05) is 6.42 Å². The van der Waals surface area contributed by atoms with Gasteiger partial charge in [0.2, 0.25) is 5.91 Å². The predicted molar refractivity (Wildman–Crippen MR) is 134 cm³/mol. The van der Waals surface area contributed by atoms with E-state index in [2.05, 4.69) is 33.4 Å². The van der Waals surface area contributed by atoms with Gasteiger partial charge >= 0.3 is 13.8 Å². The molecule has 0 aromatic rings. The van der Waals surface area contributed by atoms with Gasteiger partial charge in [-0.1, -0.05) is 70.4 Å². The smallest absolute Gasteiger partial charge is 0.472 e. The number of phosphoric ester groups is 1. The van der Waals surface area contributed by atoms with Crippen molar-refractivity contribution in [3.8, 4) is 0 Å². The minimum absolute atomic E-state index is 0.151. The van der Waals surface area contributed by atoms with Crippen LogP contribution in [0.3, 0.4) is 0 Å². The monoisotopic (exact) mass is 523 g/mol. The first-order chi connectivity index (χ1) is 16.7. The Morgan fingerprint density at radius 2 is 1.40 bits per heavy atom. The molecule has 0 fully saturated rings. The maximum absolute atomic E-state index is 12.0. The first-order valence-corrected chi connectivity index (χ1v) is 14.3. The lowest BCUT2D eigenvalue weighted by Crippen LogP contribution is -2.43. The molecular formula is C24H46NO9P. The molecule has 0 aliphatic carbocycles. The maximum Gasteiger partial charge on any atom is 0.472 e. The SMILES string of the molecule is CCCCCCCC/C=C\CCCCCCCC(=O)N[C@@H](COP(=O)(O)OC[C@H](O)CO)C(=O)O. The number of phosphoric acid groups is 1. The number of rotatable bonds is 24. The molecule has 206 valence electrons. The minimum Gasteiger partial charge on any atom is -0.480 e. The van der Waals surface area contributed by atoms with E-state index in [1.54, 1.807) is 0 Å². The van der Waals surface area contributed by atoms with Gasteiger partial charge in [0.05, 0.1) is 19.8 Å². The molecule has 1 unspecified atom stereocenters. The van der Waals surface area contributed by atoms with Crippen LogP contribution in [-0.4, -0.2) is 64.1 Å². The zero-order valence-electron chi connectivity index (χ0n) is 21.1. The summed E-state index contributed by atoms with van der Waals surface area (Å²) in [5.41, 5.74) is 0. The molecule has 0 spiro atoms. The molecule has 35 heavy (non-hydrogen) atoms. The maximum atomic E-state index is 12.0. The van der Waals surface area contributed by atoms with E-state index < -0.39 is 51.7 Å². The number of nitrogens with one attached hydrogen (secondary N) is 1. The van der Waals surface area contributed by atoms with Crippen LogP contribution >= 0.6 is 7.82 Å². The summed E-state index contributed by atoms with van der Waals surface area (Å²) < 4.78 is 20.7. The lowest BCUT2D eigenvalue weighted by Gasteiger charge is -2.18. The van der Waals surface area contributed by atoms with Crippen molar-refractivity contribution < 1.29 is 43.4 Å². The van der Waals surface area contributed by atoms with E-state index in [0.29, 0.717) is 6.42 Å². The average Bonchev–Trinajstić information content (AvgIpc) is 2.82. The third kappa shape index (κ3) is 21.7. The number of aliphatic hydroxyl groups is 2. The number of unbranched alkanes of at least 4 members (excludes halogenated alkanes) is 11. The van der Waals surface area contributed by atoms with Crippen molar-refractivity contribution in [3.05, 3.63) is 12.2 Å². The summed E-state index contributed by atoms with van der Waals surface area (Å²) in [7, 11) is -4.64. The molecule has 10 nitrogen and oxygen atoms in total. The number of carbonyl (C=O) groups is 2. The fourth-order valence-corrected chi connectivity index (χ4v) is 4.01. The Morgan fingerprint density at radius 1 is 0.886 bits per heavy atom. The van der Waals surface area contributed by atoms with Gasteiger partial charge < -0.3 is 25.5 Å². The number of aliphatic carboxylic acids is 1. The molecule has 0 aromatic carbocycles. The Kier molecular flexibility index (Phi) is 21.1. The van der Waals surface area contributed by atoms with Gasteiger partial charge in [-0.15, -0.1) is 0 Å².